The highest BCUT2D eigenvalue weighted by atomic mass is 16.4. The minimum atomic E-state index is -0.910. The van der Waals surface area contributed by atoms with Gasteiger partial charge >= 0.3 is 5.97 Å². The van der Waals surface area contributed by atoms with E-state index in [9.17, 15) is 4.79 Å². The van der Waals surface area contributed by atoms with E-state index in [1.54, 1.807) is 25.2 Å². The first-order valence-corrected chi connectivity index (χ1v) is 8.37. The first kappa shape index (κ1) is 18.1. The van der Waals surface area contributed by atoms with E-state index in [-0.39, 0.29) is 10.8 Å². The summed E-state index contributed by atoms with van der Waals surface area (Å²) in [5, 5.41) is 8.78. The minimum Gasteiger partial charge on any atom is -0.478 e. The van der Waals surface area contributed by atoms with Gasteiger partial charge in [0.1, 0.15) is 0 Å². The van der Waals surface area contributed by atoms with Gasteiger partial charge in [-0.1, -0.05) is 57.8 Å². The van der Waals surface area contributed by atoms with Crippen molar-refractivity contribution in [1.29, 1.82) is 0 Å². The maximum absolute atomic E-state index is 10.7. The first-order valence-electron chi connectivity index (χ1n) is 8.37. The standard InChI is InChI=1S/C22H26O2/c1-16(20(23)24)9-7-6-8-10-17-11-12-18-19(15-17)22(4,5)14-13-21(18,2)3/h6-7,9,11-12,15H,13-14H2,1-5H3,(H,23,24)/b7-6+,16-9+. The van der Waals surface area contributed by atoms with Gasteiger partial charge in [0.2, 0.25) is 0 Å². The SMILES string of the molecule is C/C(=C\C=C\C#Cc1ccc2c(c1)C(C)(C)CCC2(C)C)C(=O)O. The van der Waals surface area contributed by atoms with Crippen LogP contribution in [0.3, 0.4) is 0 Å². The Kier molecular flexibility index (Phi) is 5.04. The molecule has 2 nitrogen and oxygen atoms in total. The van der Waals surface area contributed by atoms with Crippen molar-refractivity contribution >= 4 is 5.97 Å². The summed E-state index contributed by atoms with van der Waals surface area (Å²) >= 11 is 0. The molecule has 0 aliphatic heterocycles. The van der Waals surface area contributed by atoms with Crippen LogP contribution in [0.2, 0.25) is 0 Å². The van der Waals surface area contributed by atoms with E-state index in [0.717, 1.165) is 5.56 Å². The Morgan fingerprint density at radius 3 is 2.38 bits per heavy atom. The summed E-state index contributed by atoms with van der Waals surface area (Å²) in [5.41, 5.74) is 4.53. The highest BCUT2D eigenvalue weighted by Crippen LogP contribution is 2.45. The van der Waals surface area contributed by atoms with Crippen LogP contribution >= 0.6 is 0 Å². The molecule has 0 saturated heterocycles. The van der Waals surface area contributed by atoms with E-state index in [1.807, 2.05) is 0 Å². The number of hydrogen-bond acceptors (Lipinski definition) is 1. The van der Waals surface area contributed by atoms with E-state index >= 15 is 0 Å². The quantitative estimate of drug-likeness (QED) is 0.474. The van der Waals surface area contributed by atoms with Crippen LogP contribution in [0.15, 0.2) is 42.0 Å². The summed E-state index contributed by atoms with van der Waals surface area (Å²) in [4.78, 5) is 10.7. The molecule has 1 N–H and O–H groups in total. The van der Waals surface area contributed by atoms with Crippen molar-refractivity contribution in [2.24, 2.45) is 0 Å². The molecule has 0 heterocycles. The second kappa shape index (κ2) is 6.69. The van der Waals surface area contributed by atoms with Gasteiger partial charge in [0.05, 0.1) is 0 Å². The van der Waals surface area contributed by atoms with Crippen LogP contribution in [0.1, 0.15) is 64.2 Å². The second-order valence-corrected chi connectivity index (χ2v) is 7.81. The Labute approximate surface area is 145 Å². The van der Waals surface area contributed by atoms with E-state index < -0.39 is 5.97 Å². The molecular weight excluding hydrogens is 296 g/mol. The zero-order valence-electron chi connectivity index (χ0n) is 15.2. The van der Waals surface area contributed by atoms with Crippen molar-refractivity contribution in [1.82, 2.24) is 0 Å². The molecule has 0 atom stereocenters. The number of aliphatic carboxylic acids is 1. The van der Waals surface area contributed by atoms with Crippen LogP contribution in [0.4, 0.5) is 0 Å². The molecule has 0 amide bonds. The van der Waals surface area contributed by atoms with Crippen LogP contribution in [-0.4, -0.2) is 11.1 Å². The largest absolute Gasteiger partial charge is 0.478 e. The average Bonchev–Trinajstić information content (AvgIpc) is 2.51. The van der Waals surface area contributed by atoms with Crippen molar-refractivity contribution < 1.29 is 9.90 Å². The van der Waals surface area contributed by atoms with Gasteiger partial charge < -0.3 is 5.11 Å². The number of carboxylic acid groups (broad SMARTS) is 1. The third-order valence-electron chi connectivity index (χ3n) is 4.93. The lowest BCUT2D eigenvalue weighted by Crippen LogP contribution is -2.33. The molecule has 0 radical (unpaired) electrons. The van der Waals surface area contributed by atoms with E-state index in [2.05, 4.69) is 57.7 Å². The van der Waals surface area contributed by atoms with Gasteiger partial charge in [0.25, 0.3) is 0 Å². The fraction of sp³-hybridized carbons (Fsp3) is 0.409. The molecule has 0 fully saturated rings. The molecule has 0 saturated carbocycles. The normalized spacial score (nSPS) is 18.6. The highest BCUT2D eigenvalue weighted by molar-refractivity contribution is 5.86. The summed E-state index contributed by atoms with van der Waals surface area (Å²) < 4.78 is 0. The Morgan fingerprint density at radius 1 is 1.12 bits per heavy atom. The Bertz CT molecular complexity index is 765. The molecule has 0 bridgehead atoms. The topological polar surface area (TPSA) is 37.3 Å². The molecule has 0 aromatic heterocycles. The molecule has 126 valence electrons. The predicted molar refractivity (Wildman–Crippen MR) is 99.1 cm³/mol. The zero-order valence-corrected chi connectivity index (χ0v) is 15.2. The van der Waals surface area contributed by atoms with E-state index in [0.29, 0.717) is 5.57 Å². The lowest BCUT2D eigenvalue weighted by atomic mass is 9.63. The molecule has 1 aliphatic rings. The summed E-state index contributed by atoms with van der Waals surface area (Å²) in [6, 6.07) is 6.52. The fourth-order valence-corrected chi connectivity index (χ4v) is 3.10. The summed E-state index contributed by atoms with van der Waals surface area (Å²) in [6.45, 7) is 10.8. The monoisotopic (exact) mass is 322 g/mol. The van der Waals surface area contributed by atoms with Crippen molar-refractivity contribution in [3.8, 4) is 11.8 Å². The molecule has 1 aliphatic carbocycles. The minimum absolute atomic E-state index is 0.180. The van der Waals surface area contributed by atoms with Crippen LogP contribution in [0.25, 0.3) is 0 Å². The van der Waals surface area contributed by atoms with Crippen molar-refractivity contribution in [3.05, 3.63) is 58.7 Å². The van der Waals surface area contributed by atoms with Crippen molar-refractivity contribution in [2.45, 2.75) is 58.3 Å². The first-order chi connectivity index (χ1) is 11.1. The smallest absolute Gasteiger partial charge is 0.331 e. The number of carboxylic acids is 1. The van der Waals surface area contributed by atoms with Gasteiger partial charge in [-0.05, 0) is 59.9 Å². The third kappa shape index (κ3) is 3.97. The van der Waals surface area contributed by atoms with Crippen LogP contribution < -0.4 is 0 Å². The van der Waals surface area contributed by atoms with Crippen LogP contribution in [-0.2, 0) is 15.6 Å². The third-order valence-corrected chi connectivity index (χ3v) is 4.93. The Balaban J connectivity index is 2.27. The van der Waals surface area contributed by atoms with Crippen LogP contribution in [0, 0.1) is 11.8 Å². The lowest BCUT2D eigenvalue weighted by molar-refractivity contribution is -0.132. The fourth-order valence-electron chi connectivity index (χ4n) is 3.10. The number of benzene rings is 1. The zero-order chi connectivity index (χ0) is 18.0. The molecular formula is C22H26O2. The number of carbonyl (C=O) groups is 1. The summed E-state index contributed by atoms with van der Waals surface area (Å²) in [6.07, 6.45) is 7.29. The number of rotatable bonds is 2. The van der Waals surface area contributed by atoms with Gasteiger partial charge in [-0.25, -0.2) is 4.79 Å². The maximum Gasteiger partial charge on any atom is 0.331 e. The van der Waals surface area contributed by atoms with Crippen LogP contribution in [0.5, 0.6) is 0 Å². The molecule has 1 aromatic carbocycles. The molecule has 2 rings (SSSR count). The van der Waals surface area contributed by atoms with Gasteiger partial charge in [0.15, 0.2) is 0 Å². The number of allylic oxidation sites excluding steroid dienone is 3. The average molecular weight is 322 g/mol. The molecule has 24 heavy (non-hydrogen) atoms. The molecule has 0 spiro atoms. The Hall–Kier alpha value is -2.27. The lowest BCUT2D eigenvalue weighted by Gasteiger charge is -2.41. The van der Waals surface area contributed by atoms with E-state index in [4.69, 9.17) is 5.11 Å². The van der Waals surface area contributed by atoms with E-state index in [1.165, 1.54) is 24.0 Å². The van der Waals surface area contributed by atoms with Crippen molar-refractivity contribution in [2.75, 3.05) is 0 Å². The number of fused-ring (bicyclic) bond motifs is 1. The Morgan fingerprint density at radius 2 is 1.75 bits per heavy atom. The summed E-state index contributed by atoms with van der Waals surface area (Å²) in [5.74, 6) is 5.22. The second-order valence-electron chi connectivity index (χ2n) is 7.81. The van der Waals surface area contributed by atoms with Gasteiger partial charge in [-0.3, -0.25) is 0 Å². The number of hydrogen-bond donors (Lipinski definition) is 1. The summed E-state index contributed by atoms with van der Waals surface area (Å²) in [7, 11) is 0. The van der Waals surface area contributed by atoms with Gasteiger partial charge in [0, 0.05) is 11.1 Å². The van der Waals surface area contributed by atoms with Crippen molar-refractivity contribution in [3.63, 3.8) is 0 Å². The van der Waals surface area contributed by atoms with Gasteiger partial charge in [-0.2, -0.15) is 0 Å². The molecule has 2 heteroatoms. The molecule has 1 aromatic rings. The predicted octanol–water partition coefficient (Wildman–Crippen LogP) is 4.97. The highest BCUT2D eigenvalue weighted by Gasteiger charge is 2.36. The molecule has 0 unspecified atom stereocenters. The van der Waals surface area contributed by atoms with Gasteiger partial charge in [-0.15, -0.1) is 0 Å². The maximum atomic E-state index is 10.7.